The largest absolute Gasteiger partial charge is 0.466 e. The van der Waals surface area contributed by atoms with E-state index in [1.807, 2.05) is 30.0 Å². The Hall–Kier alpha value is -2.60. The van der Waals surface area contributed by atoms with Crippen LogP contribution >= 0.6 is 0 Å². The van der Waals surface area contributed by atoms with Crippen molar-refractivity contribution in [2.75, 3.05) is 26.2 Å². The Bertz CT molecular complexity index is 1060. The molecule has 0 saturated carbocycles. The zero-order valence-corrected chi connectivity index (χ0v) is 21.6. The number of amides is 3. The van der Waals surface area contributed by atoms with Crippen LogP contribution in [0.25, 0.3) is 0 Å². The fourth-order valence-electron chi connectivity index (χ4n) is 6.26. The summed E-state index contributed by atoms with van der Waals surface area (Å²) in [7, 11) is 0. The van der Waals surface area contributed by atoms with Gasteiger partial charge in [0.05, 0.1) is 0 Å². The number of rotatable bonds is 7. The predicted octanol–water partition coefficient (Wildman–Crippen LogP) is 5.00. The van der Waals surface area contributed by atoms with Crippen LogP contribution in [0.5, 0.6) is 0 Å². The molecule has 188 valence electrons. The second-order valence-corrected chi connectivity index (χ2v) is 11.3. The molecule has 0 bridgehead atoms. The normalized spacial score (nSPS) is 21.5. The fraction of sp³-hybridized carbons (Fsp3) is 0.586. The van der Waals surface area contributed by atoms with Gasteiger partial charge in [-0.1, -0.05) is 45.0 Å². The Morgan fingerprint density at radius 1 is 1.00 bits per heavy atom. The molecule has 2 saturated heterocycles. The number of urea groups is 1. The highest BCUT2D eigenvalue weighted by molar-refractivity contribution is 6.07. The van der Waals surface area contributed by atoms with Crippen LogP contribution in [0.15, 0.2) is 40.8 Å². The Morgan fingerprint density at radius 3 is 2.23 bits per heavy atom. The van der Waals surface area contributed by atoms with E-state index in [2.05, 4.69) is 43.9 Å². The third kappa shape index (κ3) is 4.42. The monoisotopic (exact) mass is 477 g/mol. The minimum absolute atomic E-state index is 0.0417. The van der Waals surface area contributed by atoms with Crippen LogP contribution in [0.1, 0.15) is 68.6 Å². The number of likely N-dealkylation sites (tertiary alicyclic amines) is 1. The van der Waals surface area contributed by atoms with Gasteiger partial charge in [-0.2, -0.15) is 0 Å². The van der Waals surface area contributed by atoms with E-state index >= 15 is 0 Å². The van der Waals surface area contributed by atoms with E-state index in [0.29, 0.717) is 31.2 Å². The number of hydrogen-bond acceptors (Lipinski definition) is 4. The molecule has 1 spiro atoms. The van der Waals surface area contributed by atoms with E-state index in [1.54, 1.807) is 4.90 Å². The second-order valence-electron chi connectivity index (χ2n) is 11.3. The van der Waals surface area contributed by atoms with E-state index < -0.39 is 5.54 Å². The van der Waals surface area contributed by atoms with Gasteiger partial charge in [-0.25, -0.2) is 4.79 Å². The predicted molar refractivity (Wildman–Crippen MR) is 136 cm³/mol. The number of hydrogen-bond donors (Lipinski definition) is 0. The zero-order chi connectivity index (χ0) is 24.7. The van der Waals surface area contributed by atoms with E-state index in [9.17, 15) is 9.59 Å². The first-order valence-electron chi connectivity index (χ1n) is 13.3. The third-order valence-electron chi connectivity index (χ3n) is 8.32. The van der Waals surface area contributed by atoms with Crippen molar-refractivity contribution in [1.82, 2.24) is 14.7 Å². The summed E-state index contributed by atoms with van der Waals surface area (Å²) in [5.74, 6) is 2.73. The molecule has 2 fully saturated rings. The summed E-state index contributed by atoms with van der Waals surface area (Å²) in [4.78, 5) is 33.8. The third-order valence-corrected chi connectivity index (χ3v) is 8.32. The molecule has 1 aromatic heterocycles. The number of imide groups is 1. The van der Waals surface area contributed by atoms with Crippen LogP contribution in [0, 0.1) is 12.8 Å². The molecular formula is C29H39N3O3. The molecule has 0 N–H and O–H groups in total. The summed E-state index contributed by atoms with van der Waals surface area (Å²) in [6.45, 7) is 11.8. The molecule has 1 aromatic carbocycles. The second kappa shape index (κ2) is 9.45. The van der Waals surface area contributed by atoms with Gasteiger partial charge in [-0.05, 0) is 74.8 Å². The van der Waals surface area contributed by atoms with Gasteiger partial charge in [0.1, 0.15) is 17.1 Å². The van der Waals surface area contributed by atoms with Gasteiger partial charge in [0.15, 0.2) is 0 Å². The summed E-state index contributed by atoms with van der Waals surface area (Å²) < 4.78 is 5.81. The van der Waals surface area contributed by atoms with Crippen LogP contribution < -0.4 is 0 Å². The van der Waals surface area contributed by atoms with Crippen LogP contribution in [-0.2, 0) is 17.6 Å². The molecule has 0 radical (unpaired) electrons. The summed E-state index contributed by atoms with van der Waals surface area (Å²) >= 11 is 0. The molecule has 3 heterocycles. The molecule has 6 nitrogen and oxygen atoms in total. The average molecular weight is 478 g/mol. The first kappa shape index (κ1) is 24.1. The highest BCUT2D eigenvalue weighted by Gasteiger charge is 2.59. The topological polar surface area (TPSA) is 57.0 Å². The summed E-state index contributed by atoms with van der Waals surface area (Å²) in [5, 5.41) is 0. The minimum Gasteiger partial charge on any atom is -0.466 e. The van der Waals surface area contributed by atoms with E-state index in [4.69, 9.17) is 4.42 Å². The Labute approximate surface area is 209 Å². The van der Waals surface area contributed by atoms with Crippen LogP contribution in [0.2, 0.25) is 0 Å². The van der Waals surface area contributed by atoms with Crippen LogP contribution in [-0.4, -0.2) is 64.4 Å². The van der Waals surface area contributed by atoms with Crippen LogP contribution in [0.4, 0.5) is 4.79 Å². The SMILES string of the molecule is Cc1ccc(C(C)CCN2CCC3(CC2)C(=O)N(C2Cc4ccccc4C2)C(=O)N3CC(C)C)o1. The van der Waals surface area contributed by atoms with Gasteiger partial charge in [0, 0.05) is 31.6 Å². The lowest BCUT2D eigenvalue weighted by atomic mass is 9.85. The molecule has 6 heteroatoms. The molecule has 2 aromatic rings. The van der Waals surface area contributed by atoms with Gasteiger partial charge in [-0.3, -0.25) is 9.69 Å². The zero-order valence-electron chi connectivity index (χ0n) is 21.6. The van der Waals surface area contributed by atoms with Crippen molar-refractivity contribution in [3.8, 4) is 0 Å². The molecule has 1 atom stereocenters. The standard InChI is InChI=1S/C29H39N3O3/c1-20(2)19-31-28(34)32(25-17-23-7-5-6-8-24(23)18-25)27(33)29(31)12-15-30(16-13-29)14-11-21(3)26-10-9-22(4)35-26/h5-10,20-21,25H,11-19H2,1-4H3. The van der Waals surface area contributed by atoms with Crippen molar-refractivity contribution in [2.24, 2.45) is 5.92 Å². The molecule has 3 amide bonds. The van der Waals surface area contributed by atoms with E-state index in [1.165, 1.54) is 11.1 Å². The molecule has 3 aliphatic rings. The van der Waals surface area contributed by atoms with E-state index in [-0.39, 0.29) is 18.0 Å². The van der Waals surface area contributed by atoms with Crippen LogP contribution in [0.3, 0.4) is 0 Å². The number of piperidine rings is 1. The Balaban J connectivity index is 1.28. The lowest BCUT2D eigenvalue weighted by molar-refractivity contribution is -0.137. The van der Waals surface area contributed by atoms with Gasteiger partial charge >= 0.3 is 6.03 Å². The Morgan fingerprint density at radius 2 is 1.66 bits per heavy atom. The minimum atomic E-state index is -0.684. The van der Waals surface area contributed by atoms with Gasteiger partial charge < -0.3 is 14.2 Å². The maximum Gasteiger partial charge on any atom is 0.327 e. The first-order chi connectivity index (χ1) is 16.8. The average Bonchev–Trinajstić information content (AvgIpc) is 3.51. The fourth-order valence-corrected chi connectivity index (χ4v) is 6.26. The van der Waals surface area contributed by atoms with E-state index in [0.717, 1.165) is 50.4 Å². The summed E-state index contributed by atoms with van der Waals surface area (Å²) in [5.41, 5.74) is 1.85. The molecule has 35 heavy (non-hydrogen) atoms. The van der Waals surface area contributed by atoms with Crippen molar-refractivity contribution < 1.29 is 14.0 Å². The highest BCUT2D eigenvalue weighted by atomic mass is 16.3. The number of aryl methyl sites for hydroxylation is 1. The number of carbonyl (C=O) groups is 2. The smallest absolute Gasteiger partial charge is 0.327 e. The molecule has 1 aliphatic carbocycles. The number of benzene rings is 1. The maximum atomic E-state index is 14.0. The Kier molecular flexibility index (Phi) is 6.51. The highest BCUT2D eigenvalue weighted by Crippen LogP contribution is 2.41. The summed E-state index contributed by atoms with van der Waals surface area (Å²) in [6.07, 6.45) is 4.00. The van der Waals surface area contributed by atoms with Crippen molar-refractivity contribution >= 4 is 11.9 Å². The number of fused-ring (bicyclic) bond motifs is 1. The first-order valence-corrected chi connectivity index (χ1v) is 13.3. The maximum absolute atomic E-state index is 14.0. The number of carbonyl (C=O) groups excluding carboxylic acids is 2. The molecule has 1 unspecified atom stereocenters. The number of furan rings is 1. The van der Waals surface area contributed by atoms with Crippen molar-refractivity contribution in [2.45, 2.75) is 77.3 Å². The van der Waals surface area contributed by atoms with Crippen molar-refractivity contribution in [1.29, 1.82) is 0 Å². The molecule has 2 aliphatic heterocycles. The summed E-state index contributed by atoms with van der Waals surface area (Å²) in [6, 6.07) is 12.3. The lowest BCUT2D eigenvalue weighted by Gasteiger charge is -2.43. The van der Waals surface area contributed by atoms with Crippen molar-refractivity contribution in [3.05, 3.63) is 59.0 Å². The number of nitrogens with zero attached hydrogens (tertiary/aromatic N) is 3. The molecular weight excluding hydrogens is 438 g/mol. The van der Waals surface area contributed by atoms with Gasteiger partial charge in [-0.15, -0.1) is 0 Å². The molecule has 5 rings (SSSR count). The van der Waals surface area contributed by atoms with Gasteiger partial charge in [0.25, 0.3) is 5.91 Å². The lowest BCUT2D eigenvalue weighted by Crippen LogP contribution is -2.57. The van der Waals surface area contributed by atoms with Gasteiger partial charge in [0.2, 0.25) is 0 Å². The quantitative estimate of drug-likeness (QED) is 0.527. The van der Waals surface area contributed by atoms with Crippen molar-refractivity contribution in [3.63, 3.8) is 0 Å².